The lowest BCUT2D eigenvalue weighted by molar-refractivity contribution is -0.116. The molecular formula is C22H23N3O2. The van der Waals surface area contributed by atoms with Gasteiger partial charge in [0.25, 0.3) is 0 Å². The van der Waals surface area contributed by atoms with Crippen LogP contribution < -0.4 is 15.4 Å². The summed E-state index contributed by atoms with van der Waals surface area (Å²) in [6, 6.07) is 23.5. The van der Waals surface area contributed by atoms with E-state index >= 15 is 0 Å². The van der Waals surface area contributed by atoms with Crippen molar-refractivity contribution in [3.63, 3.8) is 0 Å². The fraction of sp³-hybridized carbons (Fsp3) is 0.182. The maximum Gasteiger partial charge on any atom is 0.227 e. The first-order chi connectivity index (χ1) is 13.2. The molecule has 5 nitrogen and oxygen atoms in total. The van der Waals surface area contributed by atoms with Crippen LogP contribution in [0.2, 0.25) is 0 Å². The predicted molar refractivity (Wildman–Crippen MR) is 108 cm³/mol. The molecule has 1 unspecified atom stereocenters. The molecule has 1 atom stereocenters. The molecule has 0 aliphatic rings. The summed E-state index contributed by atoms with van der Waals surface area (Å²) in [4.78, 5) is 16.4. The summed E-state index contributed by atoms with van der Waals surface area (Å²) in [6.45, 7) is 2.41. The van der Waals surface area contributed by atoms with Crippen LogP contribution >= 0.6 is 0 Å². The summed E-state index contributed by atoms with van der Waals surface area (Å²) >= 11 is 0. The quantitative estimate of drug-likeness (QED) is 0.612. The second kappa shape index (κ2) is 9.38. The van der Waals surface area contributed by atoms with E-state index in [1.54, 1.807) is 6.20 Å². The van der Waals surface area contributed by atoms with Gasteiger partial charge in [0.1, 0.15) is 11.6 Å². The zero-order valence-electron chi connectivity index (χ0n) is 15.3. The zero-order valence-corrected chi connectivity index (χ0v) is 15.3. The summed E-state index contributed by atoms with van der Waals surface area (Å²) in [5.41, 5.74) is 1.85. The van der Waals surface area contributed by atoms with Gasteiger partial charge in [0.2, 0.25) is 5.91 Å². The SMILES string of the molecule is CC(Nc1ccc(NC(=O)CCOc2ccccc2)cn1)c1ccccc1. The van der Waals surface area contributed by atoms with Gasteiger partial charge in [-0.15, -0.1) is 0 Å². The number of pyridine rings is 1. The van der Waals surface area contributed by atoms with Crippen molar-refractivity contribution in [2.75, 3.05) is 17.2 Å². The number of aromatic nitrogens is 1. The van der Waals surface area contributed by atoms with E-state index in [9.17, 15) is 4.79 Å². The van der Waals surface area contributed by atoms with Gasteiger partial charge < -0.3 is 15.4 Å². The molecular weight excluding hydrogens is 338 g/mol. The lowest BCUT2D eigenvalue weighted by Crippen LogP contribution is -2.15. The number of para-hydroxylation sites is 1. The summed E-state index contributed by atoms with van der Waals surface area (Å²) in [5.74, 6) is 1.41. The van der Waals surface area contributed by atoms with Crippen molar-refractivity contribution in [3.05, 3.63) is 84.6 Å². The number of carbonyl (C=O) groups excluding carboxylic acids is 1. The first kappa shape index (κ1) is 18.5. The molecule has 1 amide bonds. The highest BCUT2D eigenvalue weighted by atomic mass is 16.5. The van der Waals surface area contributed by atoms with Crippen LogP contribution in [0, 0.1) is 0 Å². The Morgan fingerprint density at radius 2 is 1.70 bits per heavy atom. The van der Waals surface area contributed by atoms with Crippen LogP contribution in [0.25, 0.3) is 0 Å². The van der Waals surface area contributed by atoms with Gasteiger partial charge in [0.15, 0.2) is 0 Å². The molecule has 0 bridgehead atoms. The van der Waals surface area contributed by atoms with Crippen molar-refractivity contribution >= 4 is 17.4 Å². The number of anilines is 2. The third-order valence-electron chi connectivity index (χ3n) is 4.05. The Morgan fingerprint density at radius 1 is 1.00 bits per heavy atom. The van der Waals surface area contributed by atoms with Crippen molar-refractivity contribution in [1.82, 2.24) is 4.98 Å². The highest BCUT2D eigenvalue weighted by Gasteiger charge is 2.07. The van der Waals surface area contributed by atoms with Crippen LogP contribution in [0.3, 0.4) is 0 Å². The lowest BCUT2D eigenvalue weighted by atomic mass is 10.1. The second-order valence-corrected chi connectivity index (χ2v) is 6.17. The molecule has 2 aromatic carbocycles. The van der Waals surface area contributed by atoms with E-state index in [2.05, 4.69) is 34.7 Å². The first-order valence-electron chi connectivity index (χ1n) is 8.96. The molecule has 0 aliphatic heterocycles. The van der Waals surface area contributed by atoms with Gasteiger partial charge in [-0.3, -0.25) is 4.79 Å². The van der Waals surface area contributed by atoms with Gasteiger partial charge >= 0.3 is 0 Å². The summed E-state index contributed by atoms with van der Waals surface area (Å²) in [6.07, 6.45) is 1.93. The van der Waals surface area contributed by atoms with Crippen LogP contribution in [-0.4, -0.2) is 17.5 Å². The van der Waals surface area contributed by atoms with Gasteiger partial charge in [-0.25, -0.2) is 4.98 Å². The molecule has 2 N–H and O–H groups in total. The monoisotopic (exact) mass is 361 g/mol. The fourth-order valence-electron chi connectivity index (χ4n) is 2.60. The van der Waals surface area contributed by atoms with E-state index in [-0.39, 0.29) is 18.4 Å². The molecule has 0 aliphatic carbocycles. The van der Waals surface area contributed by atoms with Gasteiger partial charge in [-0.05, 0) is 36.8 Å². The number of rotatable bonds is 8. The van der Waals surface area contributed by atoms with Crippen LogP contribution in [0.4, 0.5) is 11.5 Å². The Morgan fingerprint density at radius 3 is 2.37 bits per heavy atom. The fourth-order valence-corrected chi connectivity index (χ4v) is 2.60. The Bertz CT molecular complexity index is 836. The summed E-state index contributed by atoms with van der Waals surface area (Å²) < 4.78 is 5.53. The zero-order chi connectivity index (χ0) is 18.9. The molecule has 3 rings (SSSR count). The van der Waals surface area contributed by atoms with Crippen LogP contribution in [0.1, 0.15) is 24.9 Å². The van der Waals surface area contributed by atoms with Gasteiger partial charge in [0, 0.05) is 6.04 Å². The largest absolute Gasteiger partial charge is 0.493 e. The molecule has 0 radical (unpaired) electrons. The Kier molecular flexibility index (Phi) is 6.41. The van der Waals surface area contributed by atoms with Gasteiger partial charge in [0.05, 0.1) is 24.9 Å². The van der Waals surface area contributed by atoms with Crippen molar-refractivity contribution in [2.24, 2.45) is 0 Å². The number of hydrogen-bond acceptors (Lipinski definition) is 4. The summed E-state index contributed by atoms with van der Waals surface area (Å²) in [7, 11) is 0. The van der Waals surface area contributed by atoms with Gasteiger partial charge in [-0.2, -0.15) is 0 Å². The van der Waals surface area contributed by atoms with Crippen molar-refractivity contribution in [3.8, 4) is 5.75 Å². The molecule has 5 heteroatoms. The Balaban J connectivity index is 1.45. The van der Waals surface area contributed by atoms with Crippen LogP contribution in [0.15, 0.2) is 79.0 Å². The van der Waals surface area contributed by atoms with E-state index in [0.29, 0.717) is 12.3 Å². The molecule has 0 fully saturated rings. The van der Waals surface area contributed by atoms with E-state index < -0.39 is 0 Å². The number of nitrogens with one attached hydrogen (secondary N) is 2. The van der Waals surface area contributed by atoms with Crippen molar-refractivity contribution in [2.45, 2.75) is 19.4 Å². The summed E-state index contributed by atoms with van der Waals surface area (Å²) in [5, 5.41) is 6.18. The number of benzene rings is 2. The highest BCUT2D eigenvalue weighted by Crippen LogP contribution is 2.18. The molecule has 0 saturated carbocycles. The Hall–Kier alpha value is -3.34. The number of nitrogens with zero attached hydrogens (tertiary/aromatic N) is 1. The smallest absolute Gasteiger partial charge is 0.227 e. The van der Waals surface area contributed by atoms with E-state index in [1.807, 2.05) is 60.7 Å². The third-order valence-corrected chi connectivity index (χ3v) is 4.05. The minimum Gasteiger partial charge on any atom is -0.493 e. The van der Waals surface area contributed by atoms with E-state index in [1.165, 1.54) is 5.56 Å². The molecule has 1 aromatic heterocycles. The number of hydrogen-bond donors (Lipinski definition) is 2. The standard InChI is InChI=1S/C22H23N3O2/c1-17(18-8-4-2-5-9-18)24-21-13-12-19(16-23-21)25-22(26)14-15-27-20-10-6-3-7-11-20/h2-13,16-17H,14-15H2,1H3,(H,23,24)(H,25,26). The molecule has 138 valence electrons. The lowest BCUT2D eigenvalue weighted by Gasteiger charge is -2.15. The van der Waals surface area contributed by atoms with Gasteiger partial charge in [-0.1, -0.05) is 48.5 Å². The number of carbonyl (C=O) groups is 1. The highest BCUT2D eigenvalue weighted by molar-refractivity contribution is 5.90. The molecule has 0 saturated heterocycles. The van der Waals surface area contributed by atoms with Crippen LogP contribution in [0.5, 0.6) is 5.75 Å². The van der Waals surface area contributed by atoms with E-state index in [0.717, 1.165) is 11.6 Å². The maximum absolute atomic E-state index is 12.0. The predicted octanol–water partition coefficient (Wildman–Crippen LogP) is 4.66. The molecule has 1 heterocycles. The maximum atomic E-state index is 12.0. The minimum absolute atomic E-state index is 0.105. The molecule has 0 spiro atoms. The number of ether oxygens (including phenoxy) is 1. The van der Waals surface area contributed by atoms with E-state index in [4.69, 9.17) is 4.74 Å². The van der Waals surface area contributed by atoms with Crippen molar-refractivity contribution < 1.29 is 9.53 Å². The van der Waals surface area contributed by atoms with Crippen LogP contribution in [-0.2, 0) is 4.79 Å². The topological polar surface area (TPSA) is 63.2 Å². The average Bonchev–Trinajstić information content (AvgIpc) is 2.71. The second-order valence-electron chi connectivity index (χ2n) is 6.17. The molecule has 3 aromatic rings. The van der Waals surface area contributed by atoms with Crippen molar-refractivity contribution in [1.29, 1.82) is 0 Å². The first-order valence-corrected chi connectivity index (χ1v) is 8.96. The average molecular weight is 361 g/mol. The Labute approximate surface area is 159 Å². The normalized spacial score (nSPS) is 11.4. The minimum atomic E-state index is -0.105. The molecule has 27 heavy (non-hydrogen) atoms. The number of amides is 1. The third kappa shape index (κ3) is 5.85.